The smallest absolute Gasteiger partial charge is 0.243 e. The van der Waals surface area contributed by atoms with Crippen molar-refractivity contribution in [3.05, 3.63) is 47.5 Å². The maximum absolute atomic E-state index is 12.5. The van der Waals surface area contributed by atoms with Gasteiger partial charge in [-0.1, -0.05) is 11.6 Å². The van der Waals surface area contributed by atoms with Crippen LogP contribution in [0.4, 0.5) is 0 Å². The number of halogens is 1. The average Bonchev–Trinajstić information content (AvgIpc) is 3.27. The quantitative estimate of drug-likeness (QED) is 0.560. The van der Waals surface area contributed by atoms with E-state index in [0.717, 1.165) is 12.8 Å². The van der Waals surface area contributed by atoms with Gasteiger partial charge in [0.2, 0.25) is 20.0 Å². The molecule has 0 saturated carbocycles. The van der Waals surface area contributed by atoms with Crippen molar-refractivity contribution in [3.8, 4) is 11.5 Å². The third-order valence-corrected chi connectivity index (χ3v) is 8.29. The van der Waals surface area contributed by atoms with Crippen LogP contribution in [0.25, 0.3) is 0 Å². The van der Waals surface area contributed by atoms with Gasteiger partial charge in [0, 0.05) is 19.6 Å². The number of sulfonamides is 2. The fourth-order valence-corrected chi connectivity index (χ4v) is 5.91. The molecule has 0 spiro atoms. The number of nitrogens with one attached hydrogen (secondary N) is 1. The molecule has 0 unspecified atom stereocenters. The van der Waals surface area contributed by atoms with Crippen LogP contribution in [-0.2, 0) is 20.0 Å². The number of benzene rings is 2. The fourth-order valence-electron chi connectivity index (χ4n) is 3.03. The zero-order valence-corrected chi connectivity index (χ0v) is 18.8. The van der Waals surface area contributed by atoms with E-state index < -0.39 is 20.0 Å². The van der Waals surface area contributed by atoms with Gasteiger partial charge in [-0.2, -0.15) is 4.31 Å². The van der Waals surface area contributed by atoms with Crippen LogP contribution in [0, 0.1) is 0 Å². The Bertz CT molecular complexity index is 1080. The monoisotopic (exact) mass is 474 g/mol. The van der Waals surface area contributed by atoms with E-state index in [9.17, 15) is 16.8 Å². The Kier molecular flexibility index (Phi) is 7.25. The van der Waals surface area contributed by atoms with Crippen molar-refractivity contribution >= 4 is 31.6 Å². The predicted molar refractivity (Wildman–Crippen MR) is 113 cm³/mol. The lowest BCUT2D eigenvalue weighted by atomic mass is 10.3. The van der Waals surface area contributed by atoms with Crippen molar-refractivity contribution in [1.82, 2.24) is 9.03 Å². The van der Waals surface area contributed by atoms with E-state index in [1.165, 1.54) is 41.7 Å². The molecule has 1 saturated heterocycles. The first-order valence-corrected chi connectivity index (χ1v) is 12.6. The molecule has 1 N–H and O–H groups in total. The van der Waals surface area contributed by atoms with Gasteiger partial charge >= 0.3 is 0 Å². The second-order valence-corrected chi connectivity index (χ2v) is 10.7. The summed E-state index contributed by atoms with van der Waals surface area (Å²) in [5.41, 5.74) is 0. The Labute approximate surface area is 181 Å². The summed E-state index contributed by atoms with van der Waals surface area (Å²) in [5.74, 6) is 0.830. The second kappa shape index (κ2) is 9.52. The van der Waals surface area contributed by atoms with Crippen LogP contribution in [0.15, 0.2) is 52.3 Å². The third kappa shape index (κ3) is 5.25. The summed E-state index contributed by atoms with van der Waals surface area (Å²) in [7, 11) is -5.78. The van der Waals surface area contributed by atoms with Crippen molar-refractivity contribution in [2.45, 2.75) is 22.6 Å². The van der Waals surface area contributed by atoms with Crippen molar-refractivity contribution in [2.24, 2.45) is 0 Å². The Morgan fingerprint density at radius 1 is 1.00 bits per heavy atom. The van der Waals surface area contributed by atoms with Crippen LogP contribution in [0.1, 0.15) is 12.8 Å². The molecule has 3 rings (SSSR count). The van der Waals surface area contributed by atoms with Crippen LogP contribution in [0.3, 0.4) is 0 Å². The summed E-state index contributed by atoms with van der Waals surface area (Å²) in [5, 5.41) is 0.195. The number of ether oxygens (including phenoxy) is 2. The third-order valence-electron chi connectivity index (χ3n) is 4.62. The van der Waals surface area contributed by atoms with E-state index in [1.54, 1.807) is 12.1 Å². The van der Waals surface area contributed by atoms with Crippen LogP contribution in [0.2, 0.25) is 5.02 Å². The van der Waals surface area contributed by atoms with Gasteiger partial charge in [-0.05, 0) is 55.3 Å². The Morgan fingerprint density at radius 2 is 1.63 bits per heavy atom. The van der Waals surface area contributed by atoms with E-state index in [4.69, 9.17) is 21.1 Å². The van der Waals surface area contributed by atoms with Gasteiger partial charge in [0.15, 0.2) is 0 Å². The van der Waals surface area contributed by atoms with Gasteiger partial charge in [0.25, 0.3) is 0 Å². The summed E-state index contributed by atoms with van der Waals surface area (Å²) < 4.78 is 64.1. The molecule has 8 nitrogen and oxygen atoms in total. The molecular formula is C19H23ClN2O6S2. The maximum Gasteiger partial charge on any atom is 0.243 e. The number of nitrogens with zero attached hydrogens (tertiary/aromatic N) is 1. The molecule has 1 aliphatic rings. The maximum atomic E-state index is 12.5. The second-order valence-electron chi connectivity index (χ2n) is 6.63. The molecule has 1 aliphatic heterocycles. The first kappa shape index (κ1) is 22.8. The lowest BCUT2D eigenvalue weighted by Crippen LogP contribution is -2.28. The highest BCUT2D eigenvalue weighted by Crippen LogP contribution is 2.27. The molecular weight excluding hydrogens is 452 g/mol. The lowest BCUT2D eigenvalue weighted by molar-refractivity contribution is 0.322. The normalized spacial score (nSPS) is 15.3. The van der Waals surface area contributed by atoms with Crippen molar-refractivity contribution in [2.75, 3.05) is 33.4 Å². The standard InChI is InChI=1S/C19H23ClN2O6S2/c1-27-19-9-8-17(14-18(19)20)29(23,24)21-10-13-28-15-4-6-16(7-5-15)30(25,26)22-11-2-3-12-22/h4-9,14,21H,2-3,10-13H2,1H3. The molecule has 0 atom stereocenters. The van der Waals surface area contributed by atoms with Crippen LogP contribution >= 0.6 is 11.6 Å². The summed E-state index contributed by atoms with van der Waals surface area (Å²) in [6.07, 6.45) is 1.75. The van der Waals surface area contributed by atoms with Gasteiger partial charge in [-0.25, -0.2) is 21.6 Å². The number of hydrogen-bond donors (Lipinski definition) is 1. The molecule has 30 heavy (non-hydrogen) atoms. The minimum Gasteiger partial charge on any atom is -0.495 e. The van der Waals surface area contributed by atoms with E-state index >= 15 is 0 Å². The molecule has 0 bridgehead atoms. The largest absolute Gasteiger partial charge is 0.495 e. The highest BCUT2D eigenvalue weighted by molar-refractivity contribution is 7.89. The number of hydrogen-bond acceptors (Lipinski definition) is 6. The van der Waals surface area contributed by atoms with Gasteiger partial charge in [-0.3, -0.25) is 0 Å². The summed E-state index contributed by atoms with van der Waals surface area (Å²) >= 11 is 5.98. The molecule has 0 aliphatic carbocycles. The van der Waals surface area contributed by atoms with E-state index in [2.05, 4.69) is 4.72 Å². The molecule has 11 heteroatoms. The van der Waals surface area contributed by atoms with Gasteiger partial charge in [0.1, 0.15) is 18.1 Å². The Morgan fingerprint density at radius 3 is 2.23 bits per heavy atom. The molecule has 0 amide bonds. The highest BCUT2D eigenvalue weighted by atomic mass is 35.5. The van der Waals surface area contributed by atoms with Gasteiger partial charge < -0.3 is 9.47 Å². The average molecular weight is 475 g/mol. The lowest BCUT2D eigenvalue weighted by Gasteiger charge is -2.15. The molecule has 0 radical (unpaired) electrons. The molecule has 1 heterocycles. The molecule has 164 valence electrons. The predicted octanol–water partition coefficient (Wildman–Crippen LogP) is 2.49. The summed E-state index contributed by atoms with van der Waals surface area (Å²) in [6.45, 7) is 1.18. The first-order chi connectivity index (χ1) is 14.2. The zero-order chi connectivity index (χ0) is 21.8. The Balaban J connectivity index is 1.53. The molecule has 0 aromatic heterocycles. The zero-order valence-electron chi connectivity index (χ0n) is 16.4. The summed E-state index contributed by atoms with van der Waals surface area (Å²) in [6, 6.07) is 10.3. The molecule has 2 aromatic rings. The van der Waals surface area contributed by atoms with Gasteiger partial charge in [-0.15, -0.1) is 0 Å². The van der Waals surface area contributed by atoms with Gasteiger partial charge in [0.05, 0.1) is 21.9 Å². The number of methoxy groups -OCH3 is 1. The van der Waals surface area contributed by atoms with E-state index in [-0.39, 0.29) is 28.0 Å². The van der Waals surface area contributed by atoms with Crippen molar-refractivity contribution < 1.29 is 26.3 Å². The van der Waals surface area contributed by atoms with E-state index in [0.29, 0.717) is 24.6 Å². The number of rotatable bonds is 9. The Hall–Kier alpha value is -1.85. The minimum atomic E-state index is -3.75. The van der Waals surface area contributed by atoms with Crippen LogP contribution in [0.5, 0.6) is 11.5 Å². The van der Waals surface area contributed by atoms with Crippen molar-refractivity contribution in [3.63, 3.8) is 0 Å². The first-order valence-electron chi connectivity index (χ1n) is 9.30. The summed E-state index contributed by atoms with van der Waals surface area (Å²) in [4.78, 5) is 0.235. The molecule has 2 aromatic carbocycles. The SMILES string of the molecule is COc1ccc(S(=O)(=O)NCCOc2ccc(S(=O)(=O)N3CCCC3)cc2)cc1Cl. The van der Waals surface area contributed by atoms with Crippen LogP contribution in [-0.4, -0.2) is 54.5 Å². The topological polar surface area (TPSA) is 102 Å². The minimum absolute atomic E-state index is 0.0183. The van der Waals surface area contributed by atoms with Crippen molar-refractivity contribution in [1.29, 1.82) is 0 Å². The molecule has 1 fully saturated rings. The van der Waals surface area contributed by atoms with Crippen LogP contribution < -0.4 is 14.2 Å². The highest BCUT2D eigenvalue weighted by Gasteiger charge is 2.27. The van der Waals surface area contributed by atoms with E-state index in [1.807, 2.05) is 0 Å². The fraction of sp³-hybridized carbons (Fsp3) is 0.368.